The van der Waals surface area contributed by atoms with Gasteiger partial charge in [0.15, 0.2) is 5.82 Å². The average molecular weight is 272 g/mol. The number of nitrogens with one attached hydrogen (secondary N) is 2. The first-order valence-corrected chi connectivity index (χ1v) is 5.80. The highest BCUT2D eigenvalue weighted by atomic mass is 16.5. The van der Waals surface area contributed by atoms with E-state index in [2.05, 4.69) is 15.8 Å². The van der Waals surface area contributed by atoms with E-state index in [-0.39, 0.29) is 12.1 Å². The number of carbonyl (C=O) groups excluding carboxylic acids is 1. The SMILES string of the molecule is Cc1cc(N/C=C(/C#N)C(=O)NCc2ccco2)no1. The Bertz CT molecular complexity index is 649. The maximum Gasteiger partial charge on any atom is 0.263 e. The number of aryl methyl sites for hydroxylation is 1. The molecule has 0 spiro atoms. The summed E-state index contributed by atoms with van der Waals surface area (Å²) in [5.74, 6) is 1.16. The Kier molecular flexibility index (Phi) is 4.19. The lowest BCUT2D eigenvalue weighted by molar-refractivity contribution is -0.117. The Morgan fingerprint density at radius 3 is 3.05 bits per heavy atom. The van der Waals surface area contributed by atoms with Crippen LogP contribution in [0, 0.1) is 18.3 Å². The molecule has 2 heterocycles. The molecule has 0 aliphatic carbocycles. The molecule has 7 nitrogen and oxygen atoms in total. The molecule has 2 aromatic rings. The number of nitrogens with zero attached hydrogens (tertiary/aromatic N) is 2. The number of rotatable bonds is 5. The maximum atomic E-state index is 11.8. The quantitative estimate of drug-likeness (QED) is 0.634. The monoisotopic (exact) mass is 272 g/mol. The summed E-state index contributed by atoms with van der Waals surface area (Å²) in [7, 11) is 0. The van der Waals surface area contributed by atoms with Gasteiger partial charge in [-0.05, 0) is 19.1 Å². The van der Waals surface area contributed by atoms with Crippen molar-refractivity contribution in [3.63, 3.8) is 0 Å². The van der Waals surface area contributed by atoms with Crippen molar-refractivity contribution in [2.75, 3.05) is 5.32 Å². The molecule has 20 heavy (non-hydrogen) atoms. The molecule has 0 saturated carbocycles. The van der Waals surface area contributed by atoms with E-state index in [1.54, 1.807) is 31.2 Å². The Labute approximate surface area is 114 Å². The van der Waals surface area contributed by atoms with Crippen LogP contribution in [0.1, 0.15) is 11.5 Å². The third-order valence-electron chi connectivity index (χ3n) is 2.36. The van der Waals surface area contributed by atoms with E-state index in [1.165, 1.54) is 12.5 Å². The van der Waals surface area contributed by atoms with Gasteiger partial charge in [0, 0.05) is 12.3 Å². The van der Waals surface area contributed by atoms with Crippen LogP contribution in [0.25, 0.3) is 0 Å². The molecule has 102 valence electrons. The minimum absolute atomic E-state index is 0.0720. The van der Waals surface area contributed by atoms with Crippen molar-refractivity contribution in [3.8, 4) is 6.07 Å². The van der Waals surface area contributed by atoms with E-state index >= 15 is 0 Å². The van der Waals surface area contributed by atoms with E-state index in [4.69, 9.17) is 14.2 Å². The fraction of sp³-hybridized carbons (Fsp3) is 0.154. The van der Waals surface area contributed by atoms with E-state index < -0.39 is 5.91 Å². The van der Waals surface area contributed by atoms with Crippen LogP contribution in [0.15, 0.2) is 45.2 Å². The second-order valence-corrected chi connectivity index (χ2v) is 3.90. The van der Waals surface area contributed by atoms with Crippen molar-refractivity contribution in [1.29, 1.82) is 5.26 Å². The third kappa shape index (κ3) is 3.49. The van der Waals surface area contributed by atoms with Gasteiger partial charge >= 0.3 is 0 Å². The van der Waals surface area contributed by atoms with Gasteiger partial charge in [-0.15, -0.1) is 0 Å². The van der Waals surface area contributed by atoms with Crippen LogP contribution in [0.4, 0.5) is 5.82 Å². The molecule has 0 fully saturated rings. The molecule has 7 heteroatoms. The summed E-state index contributed by atoms with van der Waals surface area (Å²) in [6.45, 7) is 1.96. The number of furan rings is 1. The highest BCUT2D eigenvalue weighted by molar-refractivity contribution is 5.97. The minimum atomic E-state index is -0.503. The van der Waals surface area contributed by atoms with Crippen LogP contribution in [-0.2, 0) is 11.3 Å². The van der Waals surface area contributed by atoms with Gasteiger partial charge in [0.2, 0.25) is 0 Å². The van der Waals surface area contributed by atoms with Crippen molar-refractivity contribution < 1.29 is 13.7 Å². The summed E-state index contributed by atoms with van der Waals surface area (Å²) in [6.07, 6.45) is 2.78. The number of nitriles is 1. The first-order valence-electron chi connectivity index (χ1n) is 5.80. The summed E-state index contributed by atoms with van der Waals surface area (Å²) >= 11 is 0. The Morgan fingerprint density at radius 1 is 1.60 bits per heavy atom. The molecule has 2 rings (SSSR count). The molecule has 2 aromatic heterocycles. The zero-order valence-electron chi connectivity index (χ0n) is 10.7. The van der Waals surface area contributed by atoms with Crippen molar-refractivity contribution in [1.82, 2.24) is 10.5 Å². The van der Waals surface area contributed by atoms with E-state index in [0.717, 1.165) is 0 Å². The van der Waals surface area contributed by atoms with Crippen LogP contribution in [0.2, 0.25) is 0 Å². The zero-order chi connectivity index (χ0) is 14.4. The van der Waals surface area contributed by atoms with Gasteiger partial charge in [-0.2, -0.15) is 5.26 Å². The standard InChI is InChI=1S/C13H12N4O3/c1-9-5-12(17-20-9)15-7-10(6-14)13(18)16-8-11-3-2-4-19-11/h2-5,7H,8H2,1H3,(H,15,17)(H,16,18)/b10-7-. The Balaban J connectivity index is 1.93. The predicted molar refractivity (Wildman–Crippen MR) is 69.1 cm³/mol. The molecule has 0 radical (unpaired) electrons. The molecule has 0 aliphatic heterocycles. The number of hydrogen-bond acceptors (Lipinski definition) is 6. The molecule has 0 aliphatic rings. The number of anilines is 1. The average Bonchev–Trinajstić information content (AvgIpc) is 3.08. The normalized spacial score (nSPS) is 10.9. The van der Waals surface area contributed by atoms with Gasteiger partial charge in [0.1, 0.15) is 23.2 Å². The van der Waals surface area contributed by atoms with Crippen LogP contribution in [0.5, 0.6) is 0 Å². The molecule has 0 aromatic carbocycles. The van der Waals surface area contributed by atoms with E-state index in [1.807, 2.05) is 0 Å². The number of carbonyl (C=O) groups is 1. The number of hydrogen-bond donors (Lipinski definition) is 2. The van der Waals surface area contributed by atoms with E-state index in [9.17, 15) is 4.79 Å². The Hall–Kier alpha value is -3.01. The first kappa shape index (κ1) is 13.4. The molecular formula is C13H12N4O3. The first-order chi connectivity index (χ1) is 9.69. The van der Waals surface area contributed by atoms with Crippen LogP contribution in [-0.4, -0.2) is 11.1 Å². The Morgan fingerprint density at radius 2 is 2.45 bits per heavy atom. The van der Waals surface area contributed by atoms with Gasteiger partial charge in [-0.3, -0.25) is 4.79 Å². The second-order valence-electron chi connectivity index (χ2n) is 3.90. The fourth-order valence-corrected chi connectivity index (χ4v) is 1.40. The van der Waals surface area contributed by atoms with Gasteiger partial charge in [0.05, 0.1) is 12.8 Å². The summed E-state index contributed by atoms with van der Waals surface area (Å²) in [5, 5.41) is 17.9. The molecule has 0 saturated heterocycles. The van der Waals surface area contributed by atoms with Crippen molar-refractivity contribution in [2.24, 2.45) is 0 Å². The number of aromatic nitrogens is 1. The molecule has 1 amide bonds. The summed E-state index contributed by atoms with van der Waals surface area (Å²) in [6, 6.07) is 6.90. The van der Waals surface area contributed by atoms with Crippen LogP contribution >= 0.6 is 0 Å². The summed E-state index contributed by atoms with van der Waals surface area (Å²) in [5.41, 5.74) is -0.0720. The lowest BCUT2D eigenvalue weighted by Crippen LogP contribution is -2.24. The van der Waals surface area contributed by atoms with Gasteiger partial charge in [-0.1, -0.05) is 5.16 Å². The van der Waals surface area contributed by atoms with Crippen molar-refractivity contribution in [3.05, 3.63) is 47.8 Å². The topological polar surface area (TPSA) is 104 Å². The van der Waals surface area contributed by atoms with Crippen molar-refractivity contribution >= 4 is 11.7 Å². The highest BCUT2D eigenvalue weighted by Gasteiger charge is 2.09. The largest absolute Gasteiger partial charge is 0.467 e. The maximum absolute atomic E-state index is 11.8. The lowest BCUT2D eigenvalue weighted by atomic mass is 10.3. The smallest absolute Gasteiger partial charge is 0.263 e. The molecule has 0 unspecified atom stereocenters. The molecule has 0 bridgehead atoms. The van der Waals surface area contributed by atoms with Gasteiger partial charge in [-0.25, -0.2) is 0 Å². The molecule has 0 atom stereocenters. The third-order valence-corrected chi connectivity index (χ3v) is 2.36. The van der Waals surface area contributed by atoms with E-state index in [0.29, 0.717) is 17.3 Å². The minimum Gasteiger partial charge on any atom is -0.467 e. The lowest BCUT2D eigenvalue weighted by Gasteiger charge is -2.01. The van der Waals surface area contributed by atoms with Crippen molar-refractivity contribution in [2.45, 2.75) is 13.5 Å². The van der Waals surface area contributed by atoms with Crippen LogP contribution < -0.4 is 10.6 Å². The van der Waals surface area contributed by atoms with Crippen LogP contribution in [0.3, 0.4) is 0 Å². The second kappa shape index (κ2) is 6.24. The molecule has 2 N–H and O–H groups in total. The summed E-state index contributed by atoms with van der Waals surface area (Å²) < 4.78 is 9.92. The van der Waals surface area contributed by atoms with Gasteiger partial charge < -0.3 is 19.6 Å². The fourth-order valence-electron chi connectivity index (χ4n) is 1.40. The predicted octanol–water partition coefficient (Wildman–Crippen LogP) is 1.71. The number of amides is 1. The summed E-state index contributed by atoms with van der Waals surface area (Å²) in [4.78, 5) is 11.8. The molecular weight excluding hydrogens is 260 g/mol. The zero-order valence-corrected chi connectivity index (χ0v) is 10.7. The van der Waals surface area contributed by atoms with Gasteiger partial charge in [0.25, 0.3) is 5.91 Å². The highest BCUT2D eigenvalue weighted by Crippen LogP contribution is 2.07.